The zero-order valence-electron chi connectivity index (χ0n) is 18.9. The Balaban J connectivity index is 1.47. The fourth-order valence-electron chi connectivity index (χ4n) is 3.78. The predicted octanol–water partition coefficient (Wildman–Crippen LogP) is 3.87. The van der Waals surface area contributed by atoms with E-state index < -0.39 is 27.4 Å². The molecule has 2 N–H and O–H groups in total. The number of amides is 2. The molecule has 8 nitrogen and oxygen atoms in total. The van der Waals surface area contributed by atoms with Crippen LogP contribution in [0.15, 0.2) is 82.3 Å². The molecule has 0 aliphatic rings. The molecule has 4 aromatic rings. The molecule has 0 radical (unpaired) electrons. The van der Waals surface area contributed by atoms with Crippen molar-refractivity contribution in [2.45, 2.75) is 24.5 Å². The number of hydrogen-bond donors (Lipinski definition) is 2. The SMILES string of the molecule is Cc1cc(C(=O)NNC(=O)c2occc2CS(=O)(=O)c2ccccc2)c(C)n1-c1ccc(F)cc1. The predicted molar refractivity (Wildman–Crippen MR) is 126 cm³/mol. The standard InChI is InChI=1S/C25H22FN3O5S/c1-16-14-22(17(2)29(16)20-10-8-19(26)9-11-20)24(30)27-28-25(31)23-18(12-13-34-23)15-35(32,33)21-6-4-3-5-7-21/h3-14H,15H2,1-2H3,(H,27,30)(H,28,31). The summed E-state index contributed by atoms with van der Waals surface area (Å²) in [6.07, 6.45) is 1.21. The lowest BCUT2D eigenvalue weighted by molar-refractivity contribution is 0.0830. The molecule has 0 saturated heterocycles. The largest absolute Gasteiger partial charge is 0.459 e. The van der Waals surface area contributed by atoms with Gasteiger partial charge in [0.15, 0.2) is 15.6 Å². The van der Waals surface area contributed by atoms with Gasteiger partial charge in [0.25, 0.3) is 5.91 Å². The first-order valence-corrected chi connectivity index (χ1v) is 12.2. The number of nitrogens with zero attached hydrogens (tertiary/aromatic N) is 1. The Labute approximate surface area is 201 Å². The van der Waals surface area contributed by atoms with Gasteiger partial charge >= 0.3 is 5.91 Å². The maximum atomic E-state index is 13.3. The van der Waals surface area contributed by atoms with Crippen LogP contribution in [0.4, 0.5) is 4.39 Å². The molecule has 2 aromatic carbocycles. The van der Waals surface area contributed by atoms with Crippen LogP contribution in [-0.4, -0.2) is 24.8 Å². The second-order valence-electron chi connectivity index (χ2n) is 7.85. The molecule has 2 aromatic heterocycles. The number of carbonyl (C=O) groups is 2. The summed E-state index contributed by atoms with van der Waals surface area (Å²) in [4.78, 5) is 25.5. The number of aromatic nitrogens is 1. The molecule has 0 bridgehead atoms. The van der Waals surface area contributed by atoms with E-state index in [1.807, 2.05) is 0 Å². The van der Waals surface area contributed by atoms with Gasteiger partial charge in [0.2, 0.25) is 0 Å². The summed E-state index contributed by atoms with van der Waals surface area (Å²) in [6, 6.07) is 16.8. The van der Waals surface area contributed by atoms with E-state index in [2.05, 4.69) is 10.9 Å². The minimum Gasteiger partial charge on any atom is -0.459 e. The monoisotopic (exact) mass is 495 g/mol. The summed E-state index contributed by atoms with van der Waals surface area (Å²) in [5, 5.41) is 0. The van der Waals surface area contributed by atoms with Crippen LogP contribution in [0.5, 0.6) is 0 Å². The summed E-state index contributed by atoms with van der Waals surface area (Å²) < 4.78 is 45.6. The summed E-state index contributed by atoms with van der Waals surface area (Å²) in [5.41, 5.74) is 7.08. The van der Waals surface area contributed by atoms with Gasteiger partial charge in [0.05, 0.1) is 22.5 Å². The van der Waals surface area contributed by atoms with Crippen molar-refractivity contribution < 1.29 is 26.8 Å². The zero-order chi connectivity index (χ0) is 25.2. The number of benzene rings is 2. The van der Waals surface area contributed by atoms with Gasteiger partial charge in [-0.3, -0.25) is 20.4 Å². The minimum atomic E-state index is -3.70. The Morgan fingerprint density at radius 2 is 1.60 bits per heavy atom. The highest BCUT2D eigenvalue weighted by molar-refractivity contribution is 7.90. The summed E-state index contributed by atoms with van der Waals surface area (Å²) in [7, 11) is -3.70. The molecule has 180 valence electrons. The number of hydrazine groups is 1. The van der Waals surface area contributed by atoms with E-state index >= 15 is 0 Å². The van der Waals surface area contributed by atoms with Crippen molar-refractivity contribution in [3.05, 3.63) is 107 Å². The van der Waals surface area contributed by atoms with Gasteiger partial charge in [-0.2, -0.15) is 0 Å². The number of sulfone groups is 1. The van der Waals surface area contributed by atoms with Crippen LogP contribution in [0.25, 0.3) is 5.69 Å². The highest BCUT2D eigenvalue weighted by atomic mass is 32.2. The molecule has 0 unspecified atom stereocenters. The fraction of sp³-hybridized carbons (Fsp3) is 0.120. The van der Waals surface area contributed by atoms with Crippen LogP contribution in [0.1, 0.15) is 37.9 Å². The molecule has 0 fully saturated rings. The van der Waals surface area contributed by atoms with Crippen molar-refractivity contribution in [3.63, 3.8) is 0 Å². The van der Waals surface area contributed by atoms with Gasteiger partial charge in [-0.1, -0.05) is 18.2 Å². The van der Waals surface area contributed by atoms with Gasteiger partial charge in [0.1, 0.15) is 5.82 Å². The van der Waals surface area contributed by atoms with Gasteiger partial charge < -0.3 is 8.98 Å². The van der Waals surface area contributed by atoms with Gasteiger partial charge in [-0.15, -0.1) is 0 Å². The van der Waals surface area contributed by atoms with E-state index in [1.165, 1.54) is 36.6 Å². The number of carbonyl (C=O) groups excluding carboxylic acids is 2. The van der Waals surface area contributed by atoms with Crippen LogP contribution < -0.4 is 10.9 Å². The average molecular weight is 496 g/mol. The van der Waals surface area contributed by atoms with Crippen molar-refractivity contribution >= 4 is 21.7 Å². The van der Waals surface area contributed by atoms with E-state index in [-0.39, 0.29) is 22.0 Å². The molecule has 10 heteroatoms. The van der Waals surface area contributed by atoms with Crippen LogP contribution in [0.2, 0.25) is 0 Å². The number of furan rings is 1. The highest BCUT2D eigenvalue weighted by Gasteiger charge is 2.23. The van der Waals surface area contributed by atoms with Crippen LogP contribution >= 0.6 is 0 Å². The molecule has 0 aliphatic carbocycles. The third-order valence-corrected chi connectivity index (χ3v) is 7.13. The molecule has 0 spiro atoms. The number of hydrogen-bond acceptors (Lipinski definition) is 5. The Kier molecular flexibility index (Phi) is 6.57. The first-order chi connectivity index (χ1) is 16.7. The minimum absolute atomic E-state index is 0.123. The van der Waals surface area contributed by atoms with Crippen LogP contribution in [0.3, 0.4) is 0 Å². The lowest BCUT2D eigenvalue weighted by Crippen LogP contribution is -2.42. The lowest BCUT2D eigenvalue weighted by atomic mass is 10.2. The van der Waals surface area contributed by atoms with E-state index in [1.54, 1.807) is 54.8 Å². The smallest absolute Gasteiger partial charge is 0.305 e. The van der Waals surface area contributed by atoms with E-state index in [0.717, 1.165) is 5.69 Å². The normalized spacial score (nSPS) is 11.3. The van der Waals surface area contributed by atoms with E-state index in [4.69, 9.17) is 4.42 Å². The van der Waals surface area contributed by atoms with Crippen LogP contribution in [0, 0.1) is 19.7 Å². The number of nitrogens with one attached hydrogen (secondary N) is 2. The average Bonchev–Trinajstić information content (AvgIpc) is 3.41. The quantitative estimate of drug-likeness (QED) is 0.395. The molecule has 2 amide bonds. The second-order valence-corrected chi connectivity index (χ2v) is 9.84. The first-order valence-electron chi connectivity index (χ1n) is 10.6. The van der Waals surface area contributed by atoms with Gasteiger partial charge in [0, 0.05) is 22.6 Å². The highest BCUT2D eigenvalue weighted by Crippen LogP contribution is 2.22. The molecule has 0 aliphatic heterocycles. The summed E-state index contributed by atoms with van der Waals surface area (Å²) in [5.74, 6) is -2.41. The Morgan fingerprint density at radius 1 is 0.943 bits per heavy atom. The number of aryl methyl sites for hydroxylation is 1. The molecule has 4 rings (SSSR count). The second kappa shape index (κ2) is 9.59. The Hall–Kier alpha value is -4.18. The zero-order valence-corrected chi connectivity index (χ0v) is 19.7. The van der Waals surface area contributed by atoms with Crippen molar-refractivity contribution in [2.75, 3.05) is 0 Å². The third-order valence-electron chi connectivity index (χ3n) is 5.45. The van der Waals surface area contributed by atoms with Crippen molar-refractivity contribution in [3.8, 4) is 5.69 Å². The topological polar surface area (TPSA) is 110 Å². The molecule has 0 atom stereocenters. The van der Waals surface area contributed by atoms with Crippen molar-refractivity contribution in [1.82, 2.24) is 15.4 Å². The molecular formula is C25H22FN3O5S. The fourth-order valence-corrected chi connectivity index (χ4v) is 5.16. The molecule has 2 heterocycles. The molecule has 35 heavy (non-hydrogen) atoms. The first kappa shape index (κ1) is 24.0. The number of halogens is 1. The van der Waals surface area contributed by atoms with Gasteiger partial charge in [-0.05, 0) is 62.4 Å². The van der Waals surface area contributed by atoms with Crippen molar-refractivity contribution in [1.29, 1.82) is 0 Å². The maximum absolute atomic E-state index is 13.3. The Morgan fingerprint density at radius 3 is 2.29 bits per heavy atom. The third kappa shape index (κ3) is 5.02. The molecular weight excluding hydrogens is 473 g/mol. The van der Waals surface area contributed by atoms with Crippen LogP contribution in [-0.2, 0) is 15.6 Å². The number of rotatable bonds is 6. The van der Waals surface area contributed by atoms with E-state index in [0.29, 0.717) is 16.9 Å². The van der Waals surface area contributed by atoms with Gasteiger partial charge in [-0.25, -0.2) is 12.8 Å². The van der Waals surface area contributed by atoms with Crippen molar-refractivity contribution in [2.24, 2.45) is 0 Å². The Bertz CT molecular complexity index is 1490. The lowest BCUT2D eigenvalue weighted by Gasteiger charge is -2.10. The van der Waals surface area contributed by atoms with E-state index in [9.17, 15) is 22.4 Å². The molecule has 0 saturated carbocycles. The maximum Gasteiger partial charge on any atom is 0.305 e. The summed E-state index contributed by atoms with van der Waals surface area (Å²) in [6.45, 7) is 3.53. The summed E-state index contributed by atoms with van der Waals surface area (Å²) >= 11 is 0.